The fourth-order valence-corrected chi connectivity index (χ4v) is 4.00. The van der Waals surface area contributed by atoms with Crippen LogP contribution >= 0.6 is 15.9 Å². The molecule has 0 aromatic heterocycles. The number of piperidine rings is 1. The lowest BCUT2D eigenvalue weighted by molar-refractivity contribution is 0.0171. The number of nitrogens with one attached hydrogen (secondary N) is 1. The summed E-state index contributed by atoms with van der Waals surface area (Å²) in [7, 11) is 1.24. The SMILES string of the molecule is COC(=O)c1cc(F)c(OCCN[C@@H](C)C2CCN(C(=O)OC(C)(C)C)CC2)c(Br)c1. The van der Waals surface area contributed by atoms with Crippen molar-refractivity contribution in [2.24, 2.45) is 5.92 Å². The quantitative estimate of drug-likeness (QED) is 0.440. The Balaban J connectivity index is 1.75. The summed E-state index contributed by atoms with van der Waals surface area (Å²) in [5, 5.41) is 3.41. The van der Waals surface area contributed by atoms with Crippen molar-refractivity contribution in [3.8, 4) is 5.75 Å². The Morgan fingerprint density at radius 3 is 2.48 bits per heavy atom. The first-order chi connectivity index (χ1) is 14.5. The topological polar surface area (TPSA) is 77.1 Å². The molecule has 2 rings (SSSR count). The van der Waals surface area contributed by atoms with E-state index in [2.05, 4.69) is 32.9 Å². The number of likely N-dealkylation sites (tertiary alicyclic amines) is 1. The molecule has 7 nitrogen and oxygen atoms in total. The van der Waals surface area contributed by atoms with Gasteiger partial charge in [-0.2, -0.15) is 0 Å². The van der Waals surface area contributed by atoms with Crippen LogP contribution in [0.25, 0.3) is 0 Å². The van der Waals surface area contributed by atoms with Crippen molar-refractivity contribution >= 4 is 28.0 Å². The first-order valence-electron chi connectivity index (χ1n) is 10.4. The van der Waals surface area contributed by atoms with Crippen LogP contribution in [0.15, 0.2) is 16.6 Å². The van der Waals surface area contributed by atoms with Crippen molar-refractivity contribution in [2.75, 3.05) is 33.4 Å². The molecule has 0 bridgehead atoms. The second-order valence-electron chi connectivity index (χ2n) is 8.66. The van der Waals surface area contributed by atoms with Crippen LogP contribution in [0.3, 0.4) is 0 Å². The summed E-state index contributed by atoms with van der Waals surface area (Å²) in [6, 6.07) is 2.80. The molecule has 1 aromatic carbocycles. The van der Waals surface area contributed by atoms with E-state index < -0.39 is 17.4 Å². The van der Waals surface area contributed by atoms with E-state index in [1.807, 2.05) is 20.8 Å². The molecule has 0 spiro atoms. The lowest BCUT2D eigenvalue weighted by Crippen LogP contribution is -2.46. The number of ether oxygens (including phenoxy) is 3. The van der Waals surface area contributed by atoms with Gasteiger partial charge >= 0.3 is 12.1 Å². The highest BCUT2D eigenvalue weighted by atomic mass is 79.9. The van der Waals surface area contributed by atoms with E-state index in [9.17, 15) is 14.0 Å². The van der Waals surface area contributed by atoms with Crippen LogP contribution in [-0.2, 0) is 9.47 Å². The van der Waals surface area contributed by atoms with Crippen LogP contribution in [0.5, 0.6) is 5.75 Å². The third-order valence-corrected chi connectivity index (χ3v) is 5.72. The molecular weight excluding hydrogens is 471 g/mol. The second-order valence-corrected chi connectivity index (χ2v) is 9.51. The third-order valence-electron chi connectivity index (χ3n) is 5.13. The van der Waals surface area contributed by atoms with Gasteiger partial charge in [-0.05, 0) is 74.5 Å². The number of esters is 1. The van der Waals surface area contributed by atoms with Crippen molar-refractivity contribution in [1.29, 1.82) is 0 Å². The van der Waals surface area contributed by atoms with Gasteiger partial charge in [0.1, 0.15) is 12.2 Å². The molecule has 1 amide bonds. The maximum absolute atomic E-state index is 14.3. The van der Waals surface area contributed by atoms with E-state index in [1.54, 1.807) is 4.90 Å². The highest BCUT2D eigenvalue weighted by Gasteiger charge is 2.29. The average molecular weight is 503 g/mol. The van der Waals surface area contributed by atoms with Gasteiger partial charge in [0.2, 0.25) is 0 Å². The first-order valence-corrected chi connectivity index (χ1v) is 11.2. The van der Waals surface area contributed by atoms with Crippen LogP contribution in [0.1, 0.15) is 50.9 Å². The summed E-state index contributed by atoms with van der Waals surface area (Å²) in [6.07, 6.45) is 1.53. The van der Waals surface area contributed by atoms with Crippen LogP contribution in [-0.4, -0.2) is 62.0 Å². The van der Waals surface area contributed by atoms with E-state index in [-0.39, 0.29) is 30.1 Å². The first kappa shape index (κ1) is 25.4. The number of benzene rings is 1. The zero-order valence-electron chi connectivity index (χ0n) is 18.8. The van der Waals surface area contributed by atoms with Crippen LogP contribution in [0.4, 0.5) is 9.18 Å². The lowest BCUT2D eigenvalue weighted by Gasteiger charge is -2.36. The Labute approximate surface area is 191 Å². The predicted octanol–water partition coefficient (Wildman–Crippen LogP) is 4.38. The molecule has 1 heterocycles. The fourth-order valence-electron chi connectivity index (χ4n) is 3.45. The van der Waals surface area contributed by atoms with E-state index in [0.29, 0.717) is 30.0 Å². The van der Waals surface area contributed by atoms with Crippen molar-refractivity contribution in [2.45, 2.75) is 52.2 Å². The van der Waals surface area contributed by atoms with E-state index in [0.717, 1.165) is 18.9 Å². The van der Waals surface area contributed by atoms with Crippen molar-refractivity contribution in [1.82, 2.24) is 10.2 Å². The molecule has 1 N–H and O–H groups in total. The van der Waals surface area contributed by atoms with Crippen LogP contribution in [0, 0.1) is 11.7 Å². The van der Waals surface area contributed by atoms with E-state index in [4.69, 9.17) is 9.47 Å². The largest absolute Gasteiger partial charge is 0.488 e. The lowest BCUT2D eigenvalue weighted by atomic mass is 9.90. The minimum absolute atomic E-state index is 0.0628. The zero-order valence-corrected chi connectivity index (χ0v) is 20.4. The van der Waals surface area contributed by atoms with Crippen molar-refractivity contribution in [3.63, 3.8) is 0 Å². The molecule has 0 aliphatic carbocycles. The van der Waals surface area contributed by atoms with Gasteiger partial charge in [0.05, 0.1) is 17.1 Å². The number of nitrogens with zero attached hydrogens (tertiary/aromatic N) is 1. The average Bonchev–Trinajstić information content (AvgIpc) is 2.70. The maximum atomic E-state index is 14.3. The number of rotatable bonds is 7. The molecule has 1 aliphatic rings. The molecule has 0 saturated carbocycles. The minimum Gasteiger partial charge on any atom is -0.488 e. The van der Waals surface area contributed by atoms with Gasteiger partial charge in [-0.15, -0.1) is 0 Å². The molecule has 1 aromatic rings. The van der Waals surface area contributed by atoms with Gasteiger partial charge in [0.15, 0.2) is 11.6 Å². The smallest absolute Gasteiger partial charge is 0.410 e. The van der Waals surface area contributed by atoms with Gasteiger partial charge in [0, 0.05) is 25.7 Å². The summed E-state index contributed by atoms with van der Waals surface area (Å²) < 4.78 is 30.2. The van der Waals surface area contributed by atoms with Gasteiger partial charge in [-0.1, -0.05) is 0 Å². The fraction of sp³-hybridized carbons (Fsp3) is 0.636. The minimum atomic E-state index is -0.627. The van der Waals surface area contributed by atoms with Gasteiger partial charge in [0.25, 0.3) is 0 Å². The summed E-state index contributed by atoms with van der Waals surface area (Å²) in [6.45, 7) is 9.86. The Kier molecular flexibility index (Phi) is 9.12. The standard InChI is InChI=1S/C22H32BrFN2O5/c1-14(15-6-9-26(10-7-15)21(28)31-22(2,3)4)25-8-11-30-19-17(23)12-16(13-18(19)24)20(27)29-5/h12-15,25H,6-11H2,1-5H3/t14-/m0/s1. The molecule has 1 fully saturated rings. The molecule has 0 unspecified atom stereocenters. The zero-order chi connectivity index (χ0) is 23.2. The van der Waals surface area contributed by atoms with Crippen LogP contribution < -0.4 is 10.1 Å². The molecule has 1 aliphatic heterocycles. The number of hydrogen-bond acceptors (Lipinski definition) is 6. The Morgan fingerprint density at radius 1 is 1.29 bits per heavy atom. The molecule has 1 atom stereocenters. The number of hydrogen-bond donors (Lipinski definition) is 1. The van der Waals surface area contributed by atoms with Gasteiger partial charge in [-0.25, -0.2) is 14.0 Å². The normalized spacial score (nSPS) is 16.0. The number of halogens is 2. The summed E-state index contributed by atoms with van der Waals surface area (Å²) in [5.41, 5.74) is -0.375. The number of carbonyl (C=O) groups excluding carboxylic acids is 2. The van der Waals surface area contributed by atoms with E-state index in [1.165, 1.54) is 13.2 Å². The molecule has 9 heteroatoms. The highest BCUT2D eigenvalue weighted by molar-refractivity contribution is 9.10. The number of carbonyl (C=O) groups is 2. The van der Waals surface area contributed by atoms with Gasteiger partial charge in [-0.3, -0.25) is 0 Å². The Hall–Kier alpha value is -1.87. The molecule has 174 valence electrons. The number of amides is 1. The molecular formula is C22H32BrFN2O5. The van der Waals surface area contributed by atoms with Crippen molar-refractivity contribution in [3.05, 3.63) is 28.0 Å². The Bertz CT molecular complexity index is 753. The molecule has 31 heavy (non-hydrogen) atoms. The highest BCUT2D eigenvalue weighted by Crippen LogP contribution is 2.30. The third kappa shape index (κ3) is 7.64. The molecule has 1 saturated heterocycles. The van der Waals surface area contributed by atoms with Crippen LogP contribution in [0.2, 0.25) is 0 Å². The second kappa shape index (κ2) is 11.1. The number of methoxy groups -OCH3 is 1. The predicted molar refractivity (Wildman–Crippen MR) is 119 cm³/mol. The maximum Gasteiger partial charge on any atom is 0.410 e. The monoisotopic (exact) mass is 502 g/mol. The Morgan fingerprint density at radius 2 is 1.94 bits per heavy atom. The summed E-state index contributed by atoms with van der Waals surface area (Å²) in [4.78, 5) is 25.5. The summed E-state index contributed by atoms with van der Waals surface area (Å²) >= 11 is 3.24. The molecule has 0 radical (unpaired) electrons. The van der Waals surface area contributed by atoms with E-state index >= 15 is 0 Å². The van der Waals surface area contributed by atoms with Gasteiger partial charge < -0.3 is 24.4 Å². The summed E-state index contributed by atoms with van der Waals surface area (Å²) in [5.74, 6) is -0.744. The van der Waals surface area contributed by atoms with Crippen molar-refractivity contribution < 1.29 is 28.2 Å².